The first kappa shape index (κ1) is 21.6. The van der Waals surface area contributed by atoms with E-state index in [0.29, 0.717) is 11.8 Å². The molecule has 1 saturated heterocycles. The Kier molecular flexibility index (Phi) is 8.46. The van der Waals surface area contributed by atoms with Gasteiger partial charge in [-0.05, 0) is 73.2 Å². The summed E-state index contributed by atoms with van der Waals surface area (Å²) in [5, 5.41) is 0. The SMILES string of the molecule is COc1ccc(C(C)C(C)c2ccc(OCCN3CCCC3)cc2)cc1.Cl. The Hall–Kier alpha value is -1.71. The molecule has 0 radical (unpaired) electrons. The maximum absolute atomic E-state index is 5.92. The molecule has 0 bridgehead atoms. The molecule has 1 aliphatic heterocycles. The van der Waals surface area contributed by atoms with Crippen molar-refractivity contribution in [3.63, 3.8) is 0 Å². The molecule has 4 heteroatoms. The predicted octanol–water partition coefficient (Wildman–Crippen LogP) is 5.50. The molecule has 2 unspecified atom stereocenters. The van der Waals surface area contributed by atoms with Crippen molar-refractivity contribution in [3.05, 3.63) is 59.7 Å². The van der Waals surface area contributed by atoms with E-state index in [9.17, 15) is 0 Å². The summed E-state index contributed by atoms with van der Waals surface area (Å²) < 4.78 is 11.2. The monoisotopic (exact) mass is 389 g/mol. The molecule has 0 amide bonds. The van der Waals surface area contributed by atoms with E-state index in [-0.39, 0.29) is 12.4 Å². The van der Waals surface area contributed by atoms with Gasteiger partial charge in [-0.1, -0.05) is 38.1 Å². The predicted molar refractivity (Wildman–Crippen MR) is 115 cm³/mol. The second-order valence-corrected chi connectivity index (χ2v) is 7.32. The highest BCUT2D eigenvalue weighted by Gasteiger charge is 2.16. The summed E-state index contributed by atoms with van der Waals surface area (Å²) in [5.74, 6) is 2.77. The van der Waals surface area contributed by atoms with Crippen LogP contribution in [0.25, 0.3) is 0 Å². The zero-order chi connectivity index (χ0) is 18.4. The van der Waals surface area contributed by atoms with Gasteiger partial charge in [0.2, 0.25) is 0 Å². The van der Waals surface area contributed by atoms with Crippen molar-refractivity contribution >= 4 is 12.4 Å². The second-order valence-electron chi connectivity index (χ2n) is 7.32. The number of ether oxygens (including phenoxy) is 2. The molecule has 2 aromatic carbocycles. The van der Waals surface area contributed by atoms with Gasteiger partial charge in [-0.25, -0.2) is 0 Å². The largest absolute Gasteiger partial charge is 0.497 e. The highest BCUT2D eigenvalue weighted by molar-refractivity contribution is 5.85. The third kappa shape index (κ3) is 5.88. The van der Waals surface area contributed by atoms with E-state index in [0.717, 1.165) is 24.7 Å². The van der Waals surface area contributed by atoms with Gasteiger partial charge >= 0.3 is 0 Å². The zero-order valence-corrected chi connectivity index (χ0v) is 17.5. The number of rotatable bonds is 8. The quantitative estimate of drug-likeness (QED) is 0.595. The van der Waals surface area contributed by atoms with Crippen LogP contribution in [0.15, 0.2) is 48.5 Å². The average Bonchev–Trinajstić information content (AvgIpc) is 3.21. The van der Waals surface area contributed by atoms with Gasteiger partial charge in [0.15, 0.2) is 0 Å². The number of hydrogen-bond donors (Lipinski definition) is 0. The van der Waals surface area contributed by atoms with Crippen molar-refractivity contribution in [2.24, 2.45) is 0 Å². The van der Waals surface area contributed by atoms with Crippen LogP contribution in [0.4, 0.5) is 0 Å². The highest BCUT2D eigenvalue weighted by atomic mass is 35.5. The first-order chi connectivity index (χ1) is 12.7. The van der Waals surface area contributed by atoms with Crippen molar-refractivity contribution in [1.82, 2.24) is 4.90 Å². The minimum absolute atomic E-state index is 0. The molecule has 0 N–H and O–H groups in total. The summed E-state index contributed by atoms with van der Waals surface area (Å²) in [6, 6.07) is 17.0. The fourth-order valence-corrected chi connectivity index (χ4v) is 3.65. The van der Waals surface area contributed by atoms with Crippen LogP contribution in [0.3, 0.4) is 0 Å². The number of nitrogens with zero attached hydrogens (tertiary/aromatic N) is 1. The van der Waals surface area contributed by atoms with E-state index >= 15 is 0 Å². The molecule has 1 aliphatic rings. The van der Waals surface area contributed by atoms with Gasteiger partial charge < -0.3 is 9.47 Å². The highest BCUT2D eigenvalue weighted by Crippen LogP contribution is 2.33. The van der Waals surface area contributed by atoms with E-state index in [1.165, 1.54) is 37.1 Å². The lowest BCUT2D eigenvalue weighted by Crippen LogP contribution is -2.25. The topological polar surface area (TPSA) is 21.7 Å². The first-order valence-corrected chi connectivity index (χ1v) is 9.76. The normalized spacial score (nSPS) is 16.4. The molecule has 1 heterocycles. The Morgan fingerprint density at radius 2 is 1.30 bits per heavy atom. The van der Waals surface area contributed by atoms with Gasteiger partial charge in [-0.2, -0.15) is 0 Å². The lowest BCUT2D eigenvalue weighted by molar-refractivity contribution is 0.237. The average molecular weight is 390 g/mol. The van der Waals surface area contributed by atoms with Crippen molar-refractivity contribution < 1.29 is 9.47 Å². The Bertz CT molecular complexity index is 666. The van der Waals surface area contributed by atoms with Gasteiger partial charge in [0.1, 0.15) is 18.1 Å². The van der Waals surface area contributed by atoms with Gasteiger partial charge in [0.25, 0.3) is 0 Å². The summed E-state index contributed by atoms with van der Waals surface area (Å²) in [5.41, 5.74) is 2.68. The number of benzene rings is 2. The lowest BCUT2D eigenvalue weighted by Gasteiger charge is -2.21. The number of methoxy groups -OCH3 is 1. The van der Waals surface area contributed by atoms with Crippen LogP contribution in [-0.4, -0.2) is 38.3 Å². The summed E-state index contributed by atoms with van der Waals surface area (Å²) in [4.78, 5) is 2.48. The fraction of sp³-hybridized carbons (Fsp3) is 0.478. The van der Waals surface area contributed by atoms with Crippen molar-refractivity contribution in [2.45, 2.75) is 38.5 Å². The minimum Gasteiger partial charge on any atom is -0.497 e. The molecule has 0 aliphatic carbocycles. The Labute approximate surface area is 170 Å². The van der Waals surface area contributed by atoms with E-state index in [2.05, 4.69) is 55.1 Å². The van der Waals surface area contributed by atoms with E-state index in [4.69, 9.17) is 9.47 Å². The lowest BCUT2D eigenvalue weighted by atomic mass is 9.84. The van der Waals surface area contributed by atoms with E-state index < -0.39 is 0 Å². The van der Waals surface area contributed by atoms with Crippen LogP contribution in [0, 0.1) is 0 Å². The number of hydrogen-bond acceptors (Lipinski definition) is 3. The molecule has 3 rings (SSSR count). The molecule has 2 aromatic rings. The molecule has 0 spiro atoms. The molecule has 148 valence electrons. The van der Waals surface area contributed by atoms with E-state index in [1.807, 2.05) is 12.1 Å². The van der Waals surface area contributed by atoms with Crippen molar-refractivity contribution in [3.8, 4) is 11.5 Å². The fourth-order valence-electron chi connectivity index (χ4n) is 3.65. The number of halogens is 1. The van der Waals surface area contributed by atoms with Gasteiger partial charge in [-0.3, -0.25) is 4.90 Å². The standard InChI is InChI=1S/C23H31NO2.ClH/c1-18(20-6-10-22(25-3)11-7-20)19(2)21-8-12-23(13-9-21)26-17-16-24-14-4-5-15-24;/h6-13,18-19H,4-5,14-17H2,1-3H3;1H. The molecule has 3 nitrogen and oxygen atoms in total. The second kappa shape index (κ2) is 10.6. The Morgan fingerprint density at radius 3 is 1.78 bits per heavy atom. The maximum atomic E-state index is 5.92. The summed E-state index contributed by atoms with van der Waals surface area (Å²) in [6.07, 6.45) is 2.66. The van der Waals surface area contributed by atoms with Crippen LogP contribution in [0.5, 0.6) is 11.5 Å². The van der Waals surface area contributed by atoms with Crippen LogP contribution >= 0.6 is 12.4 Å². The van der Waals surface area contributed by atoms with Crippen LogP contribution in [0.1, 0.15) is 49.7 Å². The van der Waals surface area contributed by atoms with Gasteiger partial charge in [0, 0.05) is 6.54 Å². The zero-order valence-electron chi connectivity index (χ0n) is 16.7. The molecule has 0 aromatic heterocycles. The summed E-state index contributed by atoms with van der Waals surface area (Å²) >= 11 is 0. The molecule has 27 heavy (non-hydrogen) atoms. The van der Waals surface area contributed by atoms with Gasteiger partial charge in [0.05, 0.1) is 7.11 Å². The Balaban J connectivity index is 0.00000261. The van der Waals surface area contributed by atoms with Crippen LogP contribution < -0.4 is 9.47 Å². The van der Waals surface area contributed by atoms with E-state index in [1.54, 1.807) is 7.11 Å². The molecular formula is C23H32ClNO2. The molecular weight excluding hydrogens is 358 g/mol. The molecule has 1 fully saturated rings. The third-order valence-corrected chi connectivity index (χ3v) is 5.67. The minimum atomic E-state index is 0. The van der Waals surface area contributed by atoms with Crippen molar-refractivity contribution in [2.75, 3.05) is 33.4 Å². The third-order valence-electron chi connectivity index (χ3n) is 5.67. The van der Waals surface area contributed by atoms with Crippen LogP contribution in [-0.2, 0) is 0 Å². The first-order valence-electron chi connectivity index (χ1n) is 9.76. The smallest absolute Gasteiger partial charge is 0.119 e. The van der Waals surface area contributed by atoms with Crippen LogP contribution in [0.2, 0.25) is 0 Å². The summed E-state index contributed by atoms with van der Waals surface area (Å²) in [6.45, 7) is 8.83. The van der Waals surface area contributed by atoms with Gasteiger partial charge in [-0.15, -0.1) is 12.4 Å². The number of likely N-dealkylation sites (tertiary alicyclic amines) is 1. The summed E-state index contributed by atoms with van der Waals surface area (Å²) in [7, 11) is 1.70. The van der Waals surface area contributed by atoms with Crippen molar-refractivity contribution in [1.29, 1.82) is 0 Å². The maximum Gasteiger partial charge on any atom is 0.119 e. The Morgan fingerprint density at radius 1 is 0.815 bits per heavy atom. The molecule has 0 saturated carbocycles. The molecule has 2 atom stereocenters.